The lowest BCUT2D eigenvalue weighted by atomic mass is 10.2. The summed E-state index contributed by atoms with van der Waals surface area (Å²) in [5.74, 6) is -2.41. The molecule has 0 heterocycles. The van der Waals surface area contributed by atoms with Crippen molar-refractivity contribution in [2.75, 3.05) is 27.7 Å². The molecule has 0 bridgehead atoms. The van der Waals surface area contributed by atoms with Crippen LogP contribution in [-0.4, -0.2) is 69.3 Å². The number of carboxylic acid groups (broad SMARTS) is 2. The minimum Gasteiger partial charge on any atom is -0.481 e. The summed E-state index contributed by atoms with van der Waals surface area (Å²) in [5.41, 5.74) is 0. The lowest BCUT2D eigenvalue weighted by Crippen LogP contribution is -2.42. The van der Waals surface area contributed by atoms with Gasteiger partial charge in [0.25, 0.3) is 3.79 Å². The Labute approximate surface area is 120 Å². The number of hydrogen-bond acceptors (Lipinski definition) is 3. The van der Waals surface area contributed by atoms with Crippen LogP contribution >= 0.6 is 34.8 Å². The van der Waals surface area contributed by atoms with Gasteiger partial charge in [0.05, 0.1) is 27.6 Å². The first-order valence-electron chi connectivity index (χ1n) is 4.76. The molecule has 9 heteroatoms. The third kappa shape index (κ3) is 15.7. The molecule has 0 fully saturated rings. The second-order valence-electron chi connectivity index (χ2n) is 4.53. The minimum atomic E-state index is -2.17. The molecule has 0 aromatic heterocycles. The zero-order valence-corrected chi connectivity index (χ0v) is 12.5. The van der Waals surface area contributed by atoms with E-state index < -0.39 is 21.8 Å². The SMILES string of the molecule is C[N+](C)(C)C[C@H](O)CC(=O)O.O=C(O)C(Cl)(Cl)Cl. The van der Waals surface area contributed by atoms with Gasteiger partial charge >= 0.3 is 11.9 Å². The van der Waals surface area contributed by atoms with Gasteiger partial charge in [0, 0.05) is 0 Å². The van der Waals surface area contributed by atoms with Crippen LogP contribution in [0.15, 0.2) is 0 Å². The number of nitrogens with zero attached hydrogens (tertiary/aromatic N) is 1. The molecule has 0 unspecified atom stereocenters. The van der Waals surface area contributed by atoms with Gasteiger partial charge in [0.2, 0.25) is 0 Å². The summed E-state index contributed by atoms with van der Waals surface area (Å²) in [6, 6.07) is 0. The summed E-state index contributed by atoms with van der Waals surface area (Å²) in [5, 5.41) is 25.3. The van der Waals surface area contributed by atoms with E-state index in [4.69, 9.17) is 50.1 Å². The second-order valence-corrected chi connectivity index (χ2v) is 6.81. The van der Waals surface area contributed by atoms with Gasteiger partial charge in [0.15, 0.2) is 0 Å². The first kappa shape index (κ1) is 20.1. The fraction of sp³-hybridized carbons (Fsp3) is 0.778. The van der Waals surface area contributed by atoms with Crippen molar-refractivity contribution in [2.45, 2.75) is 16.3 Å². The van der Waals surface area contributed by atoms with Crippen molar-refractivity contribution in [3.8, 4) is 0 Å². The highest BCUT2D eigenvalue weighted by Crippen LogP contribution is 2.25. The second kappa shape index (κ2) is 8.01. The molecule has 0 saturated carbocycles. The molecular formula is C9H17Cl3NO5+. The van der Waals surface area contributed by atoms with Crippen molar-refractivity contribution in [3.05, 3.63) is 0 Å². The summed E-state index contributed by atoms with van der Waals surface area (Å²) in [7, 11) is 5.72. The van der Waals surface area contributed by atoms with Gasteiger partial charge in [-0.1, -0.05) is 34.8 Å². The first-order valence-corrected chi connectivity index (χ1v) is 5.89. The first-order chi connectivity index (χ1) is 7.75. The van der Waals surface area contributed by atoms with E-state index in [0.29, 0.717) is 11.0 Å². The molecule has 0 aliphatic heterocycles. The number of carboxylic acids is 2. The van der Waals surface area contributed by atoms with Gasteiger partial charge in [-0.15, -0.1) is 0 Å². The quantitative estimate of drug-likeness (QED) is 0.529. The maximum Gasteiger partial charge on any atom is 0.356 e. The molecule has 3 N–H and O–H groups in total. The lowest BCUT2D eigenvalue weighted by molar-refractivity contribution is -0.873. The summed E-state index contributed by atoms with van der Waals surface area (Å²) < 4.78 is -1.59. The van der Waals surface area contributed by atoms with Gasteiger partial charge in [-0.2, -0.15) is 0 Å². The van der Waals surface area contributed by atoms with E-state index in [1.54, 1.807) is 0 Å². The Kier molecular flexibility index (Phi) is 8.93. The number of quaternary nitrogens is 1. The predicted molar refractivity (Wildman–Crippen MR) is 69.1 cm³/mol. The average Bonchev–Trinajstić information content (AvgIpc) is 1.96. The van der Waals surface area contributed by atoms with Crippen LogP contribution in [0.4, 0.5) is 0 Å². The van der Waals surface area contributed by atoms with Crippen LogP contribution in [-0.2, 0) is 9.59 Å². The molecule has 0 rings (SSSR count). The Morgan fingerprint density at radius 2 is 1.50 bits per heavy atom. The number of aliphatic carboxylic acids is 2. The van der Waals surface area contributed by atoms with Crippen LogP contribution in [0.2, 0.25) is 0 Å². The molecule has 0 aromatic carbocycles. The highest BCUT2D eigenvalue weighted by molar-refractivity contribution is 6.75. The smallest absolute Gasteiger partial charge is 0.356 e. The Morgan fingerprint density at radius 1 is 1.17 bits per heavy atom. The van der Waals surface area contributed by atoms with Crippen molar-refractivity contribution >= 4 is 46.7 Å². The highest BCUT2D eigenvalue weighted by atomic mass is 35.6. The fourth-order valence-corrected chi connectivity index (χ4v) is 0.898. The average molecular weight is 326 g/mol. The molecule has 0 amide bonds. The van der Waals surface area contributed by atoms with E-state index in [1.165, 1.54) is 0 Å². The number of likely N-dealkylation sites (N-methyl/N-ethyl adjacent to an activating group) is 1. The van der Waals surface area contributed by atoms with Crippen LogP contribution in [0.25, 0.3) is 0 Å². The Bertz CT molecular complexity index is 285. The van der Waals surface area contributed by atoms with E-state index in [-0.39, 0.29) is 6.42 Å². The summed E-state index contributed by atoms with van der Waals surface area (Å²) in [6.45, 7) is 0.465. The molecule has 0 aliphatic carbocycles. The number of aliphatic hydroxyl groups is 1. The molecule has 6 nitrogen and oxygen atoms in total. The summed E-state index contributed by atoms with van der Waals surface area (Å²) >= 11 is 14.4. The predicted octanol–water partition coefficient (Wildman–Crippen LogP) is 0.969. The third-order valence-corrected chi connectivity index (χ3v) is 1.90. The Balaban J connectivity index is 0. The summed E-state index contributed by atoms with van der Waals surface area (Å²) in [6.07, 6.45) is -0.914. The van der Waals surface area contributed by atoms with Crippen molar-refractivity contribution in [3.63, 3.8) is 0 Å². The van der Waals surface area contributed by atoms with Gasteiger partial charge in [-0.3, -0.25) is 4.79 Å². The number of alkyl halides is 3. The highest BCUT2D eigenvalue weighted by Gasteiger charge is 2.29. The van der Waals surface area contributed by atoms with E-state index in [0.717, 1.165) is 0 Å². The Hall–Kier alpha value is -0.270. The number of hydrogen-bond donors (Lipinski definition) is 3. The molecular weight excluding hydrogens is 308 g/mol. The Morgan fingerprint density at radius 3 is 1.67 bits per heavy atom. The monoisotopic (exact) mass is 324 g/mol. The fourth-order valence-electron chi connectivity index (χ4n) is 0.898. The van der Waals surface area contributed by atoms with Gasteiger partial charge in [0.1, 0.15) is 12.6 Å². The molecule has 0 aliphatic rings. The van der Waals surface area contributed by atoms with Gasteiger partial charge < -0.3 is 19.8 Å². The number of carbonyl (C=O) groups is 2. The molecule has 108 valence electrons. The van der Waals surface area contributed by atoms with Crippen LogP contribution in [0.5, 0.6) is 0 Å². The number of halogens is 3. The normalized spacial score (nSPS) is 13.3. The van der Waals surface area contributed by atoms with E-state index >= 15 is 0 Å². The van der Waals surface area contributed by atoms with Crippen molar-refractivity contribution in [1.29, 1.82) is 0 Å². The zero-order valence-electron chi connectivity index (χ0n) is 10.2. The van der Waals surface area contributed by atoms with E-state index in [1.807, 2.05) is 21.1 Å². The van der Waals surface area contributed by atoms with Crippen LogP contribution in [0.1, 0.15) is 6.42 Å². The third-order valence-electron chi connectivity index (χ3n) is 1.41. The molecule has 0 saturated heterocycles. The van der Waals surface area contributed by atoms with Gasteiger partial charge in [-0.05, 0) is 0 Å². The van der Waals surface area contributed by atoms with Crippen LogP contribution < -0.4 is 0 Å². The molecule has 0 aromatic rings. The lowest BCUT2D eigenvalue weighted by Gasteiger charge is -2.25. The maximum atomic E-state index is 10.1. The number of aliphatic hydroxyl groups excluding tert-OH is 1. The van der Waals surface area contributed by atoms with E-state index in [2.05, 4.69) is 0 Å². The van der Waals surface area contributed by atoms with Crippen LogP contribution in [0.3, 0.4) is 0 Å². The molecule has 0 spiro atoms. The van der Waals surface area contributed by atoms with Crippen molar-refractivity contribution < 1.29 is 29.4 Å². The van der Waals surface area contributed by atoms with E-state index in [9.17, 15) is 9.59 Å². The summed E-state index contributed by atoms with van der Waals surface area (Å²) in [4.78, 5) is 19.8. The largest absolute Gasteiger partial charge is 0.481 e. The van der Waals surface area contributed by atoms with Crippen molar-refractivity contribution in [2.24, 2.45) is 0 Å². The molecule has 18 heavy (non-hydrogen) atoms. The van der Waals surface area contributed by atoms with Gasteiger partial charge in [-0.25, -0.2) is 4.79 Å². The minimum absolute atomic E-state index is 0.171. The number of rotatable bonds is 4. The van der Waals surface area contributed by atoms with Crippen LogP contribution in [0, 0.1) is 0 Å². The molecule has 1 atom stereocenters. The molecule has 0 radical (unpaired) electrons. The topological polar surface area (TPSA) is 94.8 Å². The van der Waals surface area contributed by atoms with Crippen molar-refractivity contribution in [1.82, 2.24) is 0 Å². The standard InChI is InChI=1S/C7H15NO3.C2HCl3O2/c1-8(2,3)5-6(9)4-7(10)11;3-2(4,5)1(6)7/h6,9H,4-5H2,1-3H3;(H,6,7)/p+1/t6-;/m1./s1. The maximum absolute atomic E-state index is 10.1. The zero-order chi connectivity index (χ0) is 15.1.